The van der Waals surface area contributed by atoms with Crippen molar-refractivity contribution >= 4 is 35.0 Å². The van der Waals surface area contributed by atoms with Gasteiger partial charge in [-0.25, -0.2) is 4.39 Å². The molecule has 1 N–H and O–H groups in total. The van der Waals surface area contributed by atoms with Gasteiger partial charge in [0, 0.05) is 23.6 Å². The van der Waals surface area contributed by atoms with Crippen LogP contribution in [0.5, 0.6) is 0 Å². The van der Waals surface area contributed by atoms with Gasteiger partial charge in [-0.3, -0.25) is 9.59 Å². The van der Waals surface area contributed by atoms with E-state index in [4.69, 9.17) is 23.2 Å². The molecule has 2 amide bonds. The largest absolute Gasteiger partial charge is 0.357 e. The van der Waals surface area contributed by atoms with Gasteiger partial charge in [0.1, 0.15) is 11.9 Å². The molecule has 4 nitrogen and oxygen atoms in total. The maximum absolute atomic E-state index is 14.0. The van der Waals surface area contributed by atoms with Crippen LogP contribution in [0.25, 0.3) is 0 Å². The lowest BCUT2D eigenvalue weighted by Crippen LogP contribution is -2.48. The number of rotatable bonds is 7. The van der Waals surface area contributed by atoms with Crippen molar-refractivity contribution in [3.05, 3.63) is 69.5 Å². The van der Waals surface area contributed by atoms with E-state index in [9.17, 15) is 14.0 Å². The molecule has 0 aliphatic heterocycles. The molecule has 0 radical (unpaired) electrons. The summed E-state index contributed by atoms with van der Waals surface area (Å²) in [5.41, 5.74) is 0.937. The molecule has 0 aromatic heterocycles. The van der Waals surface area contributed by atoms with Gasteiger partial charge in [-0.1, -0.05) is 54.4 Å². The van der Waals surface area contributed by atoms with Crippen LogP contribution in [0.1, 0.15) is 24.5 Å². The van der Waals surface area contributed by atoms with Crippen molar-refractivity contribution in [3.8, 4) is 0 Å². The highest BCUT2D eigenvalue weighted by molar-refractivity contribution is 6.35. The van der Waals surface area contributed by atoms with Crippen LogP contribution in [-0.2, 0) is 22.6 Å². The number of carbonyl (C=O) groups excluding carboxylic acids is 2. The lowest BCUT2D eigenvalue weighted by atomic mass is 10.1. The standard InChI is InChI=1S/C20H21Cl2FN2O2/c1-3-18(20(27)24-2)25(12-14-8-9-15(21)11-16(14)22)19(26)10-13-6-4-5-7-17(13)23/h4-9,11,18H,3,10,12H2,1-2H3,(H,24,27)/t18-/m1/s1. The maximum atomic E-state index is 14.0. The van der Waals surface area contributed by atoms with Gasteiger partial charge < -0.3 is 10.2 Å². The SMILES string of the molecule is CC[C@H](C(=O)NC)N(Cc1ccc(Cl)cc1Cl)C(=O)Cc1ccccc1F. The number of nitrogens with one attached hydrogen (secondary N) is 1. The van der Waals surface area contributed by atoms with E-state index in [0.717, 1.165) is 0 Å². The minimum absolute atomic E-state index is 0.120. The first-order chi connectivity index (χ1) is 12.9. The first-order valence-corrected chi connectivity index (χ1v) is 9.31. The molecule has 2 aromatic rings. The number of amides is 2. The Kier molecular flexibility index (Phi) is 7.63. The summed E-state index contributed by atoms with van der Waals surface area (Å²) >= 11 is 12.2. The molecule has 0 heterocycles. The summed E-state index contributed by atoms with van der Waals surface area (Å²) in [7, 11) is 1.51. The van der Waals surface area contributed by atoms with Crippen LogP contribution < -0.4 is 5.32 Å². The number of nitrogens with zero attached hydrogens (tertiary/aromatic N) is 1. The van der Waals surface area contributed by atoms with E-state index in [0.29, 0.717) is 22.0 Å². The summed E-state index contributed by atoms with van der Waals surface area (Å²) in [6.07, 6.45) is 0.263. The predicted molar refractivity (Wildman–Crippen MR) is 105 cm³/mol. The molecule has 0 saturated heterocycles. The molecule has 0 aliphatic rings. The molecule has 2 rings (SSSR count). The third-order valence-electron chi connectivity index (χ3n) is 4.29. The molecule has 0 fully saturated rings. The van der Waals surface area contributed by atoms with Gasteiger partial charge in [0.25, 0.3) is 0 Å². The Morgan fingerprint density at radius 1 is 1.15 bits per heavy atom. The Morgan fingerprint density at radius 3 is 2.44 bits per heavy atom. The molecule has 0 bridgehead atoms. The Balaban J connectivity index is 2.34. The third kappa shape index (κ3) is 5.44. The quantitative estimate of drug-likeness (QED) is 0.742. The Labute approximate surface area is 168 Å². The van der Waals surface area contributed by atoms with Crippen LogP contribution in [0.2, 0.25) is 10.0 Å². The molecule has 1 atom stereocenters. The molecular formula is C20H21Cl2FN2O2. The van der Waals surface area contributed by atoms with Crippen molar-refractivity contribution in [2.24, 2.45) is 0 Å². The van der Waals surface area contributed by atoms with Crippen molar-refractivity contribution in [1.29, 1.82) is 0 Å². The number of carbonyl (C=O) groups is 2. The first kappa shape index (κ1) is 21.2. The topological polar surface area (TPSA) is 49.4 Å². The van der Waals surface area contributed by atoms with Crippen molar-refractivity contribution < 1.29 is 14.0 Å². The van der Waals surface area contributed by atoms with Gasteiger partial charge in [0.15, 0.2) is 0 Å². The monoisotopic (exact) mass is 410 g/mol. The number of benzene rings is 2. The molecule has 0 unspecified atom stereocenters. The zero-order chi connectivity index (χ0) is 20.0. The van der Waals surface area contributed by atoms with Crippen LogP contribution in [0.3, 0.4) is 0 Å². The normalized spacial score (nSPS) is 11.7. The highest BCUT2D eigenvalue weighted by Gasteiger charge is 2.29. The molecule has 144 valence electrons. The zero-order valence-electron chi connectivity index (χ0n) is 15.1. The molecule has 0 saturated carbocycles. The van der Waals surface area contributed by atoms with Gasteiger partial charge >= 0.3 is 0 Å². The van der Waals surface area contributed by atoms with Gasteiger partial charge in [0.05, 0.1) is 6.42 Å². The number of likely N-dealkylation sites (N-methyl/N-ethyl adjacent to an activating group) is 1. The molecule has 7 heteroatoms. The highest BCUT2D eigenvalue weighted by Crippen LogP contribution is 2.24. The van der Waals surface area contributed by atoms with Gasteiger partial charge in [-0.2, -0.15) is 0 Å². The molecule has 0 spiro atoms. The molecule has 2 aromatic carbocycles. The lowest BCUT2D eigenvalue weighted by molar-refractivity contribution is -0.140. The molecular weight excluding hydrogens is 390 g/mol. The van der Waals surface area contributed by atoms with Crippen LogP contribution in [0.15, 0.2) is 42.5 Å². The van der Waals surface area contributed by atoms with E-state index < -0.39 is 11.9 Å². The maximum Gasteiger partial charge on any atom is 0.242 e. The summed E-state index contributed by atoms with van der Waals surface area (Å²) in [6.45, 7) is 1.93. The van der Waals surface area contributed by atoms with Crippen LogP contribution in [-0.4, -0.2) is 29.8 Å². The molecule has 27 heavy (non-hydrogen) atoms. The van der Waals surface area contributed by atoms with Gasteiger partial charge in [-0.15, -0.1) is 0 Å². The first-order valence-electron chi connectivity index (χ1n) is 8.55. The Morgan fingerprint density at radius 2 is 1.85 bits per heavy atom. The smallest absolute Gasteiger partial charge is 0.242 e. The van der Waals surface area contributed by atoms with Crippen molar-refractivity contribution in [2.45, 2.75) is 32.4 Å². The summed E-state index contributed by atoms with van der Waals surface area (Å²) in [5, 5.41) is 3.45. The van der Waals surface area contributed by atoms with Crippen molar-refractivity contribution in [1.82, 2.24) is 10.2 Å². The zero-order valence-corrected chi connectivity index (χ0v) is 16.6. The second-order valence-electron chi connectivity index (χ2n) is 6.06. The fourth-order valence-electron chi connectivity index (χ4n) is 2.83. The number of hydrogen-bond acceptors (Lipinski definition) is 2. The van der Waals surface area contributed by atoms with E-state index in [2.05, 4.69) is 5.32 Å². The van der Waals surface area contributed by atoms with E-state index in [1.165, 1.54) is 18.0 Å². The number of hydrogen-bond donors (Lipinski definition) is 1. The van der Waals surface area contributed by atoms with Crippen LogP contribution in [0.4, 0.5) is 4.39 Å². The summed E-state index contributed by atoms with van der Waals surface area (Å²) < 4.78 is 14.0. The summed E-state index contributed by atoms with van der Waals surface area (Å²) in [5.74, 6) is -1.10. The number of halogens is 3. The van der Waals surface area contributed by atoms with Crippen molar-refractivity contribution in [3.63, 3.8) is 0 Å². The second-order valence-corrected chi connectivity index (χ2v) is 6.91. The Hall–Kier alpha value is -2.11. The third-order valence-corrected chi connectivity index (χ3v) is 4.87. The highest BCUT2D eigenvalue weighted by atomic mass is 35.5. The predicted octanol–water partition coefficient (Wildman–Crippen LogP) is 4.23. The van der Waals surface area contributed by atoms with Crippen LogP contribution >= 0.6 is 23.2 Å². The average Bonchev–Trinajstić information content (AvgIpc) is 2.64. The minimum Gasteiger partial charge on any atom is -0.357 e. The van der Waals surface area contributed by atoms with E-state index in [1.54, 1.807) is 36.4 Å². The van der Waals surface area contributed by atoms with E-state index >= 15 is 0 Å². The fourth-order valence-corrected chi connectivity index (χ4v) is 3.29. The van der Waals surface area contributed by atoms with E-state index in [1.807, 2.05) is 6.92 Å². The minimum atomic E-state index is -0.694. The average molecular weight is 411 g/mol. The lowest BCUT2D eigenvalue weighted by Gasteiger charge is -2.30. The van der Waals surface area contributed by atoms with E-state index in [-0.39, 0.29) is 30.3 Å². The van der Waals surface area contributed by atoms with Gasteiger partial charge in [0.2, 0.25) is 11.8 Å². The van der Waals surface area contributed by atoms with Gasteiger partial charge in [-0.05, 0) is 35.7 Å². The molecule has 0 aliphatic carbocycles. The summed E-state index contributed by atoms with van der Waals surface area (Å²) in [6, 6.07) is 10.4. The van der Waals surface area contributed by atoms with Crippen molar-refractivity contribution in [2.75, 3.05) is 7.05 Å². The summed E-state index contributed by atoms with van der Waals surface area (Å²) in [4.78, 5) is 26.7. The fraction of sp³-hybridized carbons (Fsp3) is 0.300. The second kappa shape index (κ2) is 9.72. The Bertz CT molecular complexity index is 829. The van der Waals surface area contributed by atoms with Crippen LogP contribution in [0, 0.1) is 5.82 Å².